The number of carboxylic acid groups (broad SMARTS) is 1. The highest BCUT2D eigenvalue weighted by Crippen LogP contribution is 2.27. The Hall–Kier alpha value is -2.64. The molecule has 0 fully saturated rings. The lowest BCUT2D eigenvalue weighted by Crippen LogP contribution is -2.27. The fourth-order valence-corrected chi connectivity index (χ4v) is 3.71. The van der Waals surface area contributed by atoms with Gasteiger partial charge in [-0.25, -0.2) is 13.1 Å². The first-order valence-corrected chi connectivity index (χ1v) is 8.96. The van der Waals surface area contributed by atoms with Gasteiger partial charge < -0.3 is 14.6 Å². The number of carbonyl (C=O) groups is 1. The number of nitrogens with one attached hydrogen (secondary N) is 1. The van der Waals surface area contributed by atoms with E-state index in [1.165, 1.54) is 25.3 Å². The highest BCUT2D eigenvalue weighted by atomic mass is 32.2. The van der Waals surface area contributed by atoms with E-state index in [1.54, 1.807) is 13.0 Å². The third-order valence-electron chi connectivity index (χ3n) is 3.52. The number of hydrogen-bond acceptors (Lipinski definition) is 5. The smallest absolute Gasteiger partial charge is 0.244 e. The molecule has 0 saturated heterocycles. The molecule has 0 aromatic heterocycles. The molecule has 1 N–H and O–H groups in total. The summed E-state index contributed by atoms with van der Waals surface area (Å²) < 4.78 is 33.2. The van der Waals surface area contributed by atoms with Crippen LogP contribution in [0.1, 0.15) is 24.1 Å². The highest BCUT2D eigenvalue weighted by molar-refractivity contribution is 7.89. The van der Waals surface area contributed by atoms with Crippen LogP contribution in [0.2, 0.25) is 0 Å². The van der Waals surface area contributed by atoms with Crippen LogP contribution in [0.3, 0.4) is 0 Å². The van der Waals surface area contributed by atoms with Gasteiger partial charge in [0.15, 0.2) is 0 Å². The predicted octanol–water partition coefficient (Wildman–Crippen LogP) is 1.50. The summed E-state index contributed by atoms with van der Waals surface area (Å²) in [6.07, 6.45) is 2.09. The number of carbonyl (C=O) groups excluding carboxylic acids is 1. The Morgan fingerprint density at radius 3 is 2.48 bits per heavy atom. The van der Waals surface area contributed by atoms with E-state index in [1.807, 2.05) is 30.3 Å². The average Bonchev–Trinajstić information content (AvgIpc) is 2.60. The number of carboxylic acids is 1. The van der Waals surface area contributed by atoms with E-state index >= 15 is 0 Å². The molecule has 0 unspecified atom stereocenters. The molecule has 0 aliphatic carbocycles. The molecule has 2 aromatic rings. The van der Waals surface area contributed by atoms with Gasteiger partial charge in [-0.3, -0.25) is 0 Å². The van der Waals surface area contributed by atoms with Crippen molar-refractivity contribution in [2.75, 3.05) is 7.11 Å². The van der Waals surface area contributed by atoms with Crippen LogP contribution in [0.5, 0.6) is 5.75 Å². The second kappa shape index (κ2) is 7.96. The van der Waals surface area contributed by atoms with Crippen molar-refractivity contribution in [2.45, 2.75) is 17.9 Å². The molecule has 7 heteroatoms. The maximum atomic E-state index is 12.7. The maximum absolute atomic E-state index is 12.7. The van der Waals surface area contributed by atoms with Crippen LogP contribution in [-0.2, 0) is 14.8 Å². The molecule has 0 aliphatic heterocycles. The molecule has 0 bridgehead atoms. The lowest BCUT2D eigenvalue weighted by Gasteiger charge is -2.16. The Bertz CT molecular complexity index is 876. The average molecular weight is 360 g/mol. The summed E-state index contributed by atoms with van der Waals surface area (Å²) in [6, 6.07) is 13.1. The first-order chi connectivity index (χ1) is 11.8. The monoisotopic (exact) mass is 360 g/mol. The molecular weight excluding hydrogens is 342 g/mol. The first kappa shape index (κ1) is 18.7. The number of ether oxygens (including phenoxy) is 1. The van der Waals surface area contributed by atoms with Crippen molar-refractivity contribution in [1.82, 2.24) is 4.72 Å². The minimum Gasteiger partial charge on any atom is -0.545 e. The maximum Gasteiger partial charge on any atom is 0.244 e. The predicted molar refractivity (Wildman–Crippen MR) is 92.2 cm³/mol. The van der Waals surface area contributed by atoms with Crippen LogP contribution in [0, 0.1) is 0 Å². The van der Waals surface area contributed by atoms with Crippen LogP contribution >= 0.6 is 0 Å². The molecule has 25 heavy (non-hydrogen) atoms. The van der Waals surface area contributed by atoms with E-state index in [9.17, 15) is 18.3 Å². The molecular formula is C18H18NO5S-. The molecule has 6 nitrogen and oxygen atoms in total. The number of methoxy groups -OCH3 is 1. The van der Waals surface area contributed by atoms with Crippen LogP contribution < -0.4 is 14.6 Å². The van der Waals surface area contributed by atoms with Gasteiger partial charge in [0.05, 0.1) is 13.1 Å². The summed E-state index contributed by atoms with van der Waals surface area (Å²) in [7, 11) is -2.52. The summed E-state index contributed by atoms with van der Waals surface area (Å²) in [5.74, 6) is -1.20. The molecule has 1 atom stereocenters. The van der Waals surface area contributed by atoms with Gasteiger partial charge in [-0.1, -0.05) is 42.5 Å². The Labute approximate surface area is 146 Å². The highest BCUT2D eigenvalue weighted by Gasteiger charge is 2.22. The van der Waals surface area contributed by atoms with Crippen LogP contribution in [0.4, 0.5) is 0 Å². The Kier molecular flexibility index (Phi) is 5.95. The van der Waals surface area contributed by atoms with Crippen molar-refractivity contribution >= 4 is 22.1 Å². The van der Waals surface area contributed by atoms with Gasteiger partial charge in [0.1, 0.15) is 10.6 Å². The largest absolute Gasteiger partial charge is 0.545 e. The van der Waals surface area contributed by atoms with Crippen molar-refractivity contribution in [3.8, 4) is 5.75 Å². The van der Waals surface area contributed by atoms with Crippen molar-refractivity contribution in [3.63, 3.8) is 0 Å². The zero-order valence-corrected chi connectivity index (χ0v) is 14.6. The molecule has 132 valence electrons. The van der Waals surface area contributed by atoms with E-state index in [2.05, 4.69) is 4.72 Å². The van der Waals surface area contributed by atoms with Gasteiger partial charge in [-0.05, 0) is 36.3 Å². The van der Waals surface area contributed by atoms with Gasteiger partial charge in [0, 0.05) is 6.04 Å². The van der Waals surface area contributed by atoms with Crippen LogP contribution in [0.25, 0.3) is 6.08 Å². The van der Waals surface area contributed by atoms with Crippen LogP contribution in [-0.4, -0.2) is 21.5 Å². The van der Waals surface area contributed by atoms with Gasteiger partial charge >= 0.3 is 0 Å². The summed E-state index contributed by atoms with van der Waals surface area (Å²) in [5.41, 5.74) is 1.22. The molecule has 0 heterocycles. The molecule has 0 spiro atoms. The number of aliphatic carboxylic acids is 1. The summed E-state index contributed by atoms with van der Waals surface area (Å²) in [5, 5.41) is 10.5. The molecule has 2 rings (SSSR count). The van der Waals surface area contributed by atoms with Crippen molar-refractivity contribution in [3.05, 3.63) is 65.7 Å². The number of rotatable bonds is 7. The third kappa shape index (κ3) is 4.91. The summed E-state index contributed by atoms with van der Waals surface area (Å²) in [6.45, 7) is 1.74. The van der Waals surface area contributed by atoms with Gasteiger partial charge in [0.25, 0.3) is 0 Å². The topological polar surface area (TPSA) is 95.5 Å². The lowest BCUT2D eigenvalue weighted by molar-refractivity contribution is -0.297. The molecule has 0 radical (unpaired) electrons. The van der Waals surface area contributed by atoms with Gasteiger partial charge in [-0.2, -0.15) is 0 Å². The van der Waals surface area contributed by atoms with Crippen LogP contribution in [0.15, 0.2) is 59.5 Å². The normalized spacial score (nSPS) is 12.9. The lowest BCUT2D eigenvalue weighted by atomic mass is 10.1. The fraction of sp³-hybridized carbons (Fsp3) is 0.167. The Balaban J connectivity index is 2.36. The minimum absolute atomic E-state index is 0.0710. The first-order valence-electron chi connectivity index (χ1n) is 7.48. The van der Waals surface area contributed by atoms with Crippen molar-refractivity contribution < 1.29 is 23.1 Å². The SMILES string of the molecule is COc1ccc(/C=C/C(=O)[O-])cc1S(=O)(=O)N[C@@H](C)c1ccccc1. The quantitative estimate of drug-likeness (QED) is 0.755. The van der Waals surface area contributed by atoms with E-state index in [0.717, 1.165) is 11.6 Å². The molecule has 2 aromatic carbocycles. The summed E-state index contributed by atoms with van der Waals surface area (Å²) >= 11 is 0. The standard InChI is InChI=1S/C18H19NO5S/c1-13(15-6-4-3-5-7-15)19-25(22,23)17-12-14(9-11-18(20)21)8-10-16(17)24-2/h3-13,19H,1-2H3,(H,20,21)/p-1/b11-9+/t13-/m0/s1. The summed E-state index contributed by atoms with van der Waals surface area (Å²) in [4.78, 5) is 10.5. The fourth-order valence-electron chi connectivity index (χ4n) is 2.28. The zero-order chi connectivity index (χ0) is 18.4. The Morgan fingerprint density at radius 1 is 1.20 bits per heavy atom. The number of sulfonamides is 1. The number of benzene rings is 2. The molecule has 0 saturated carbocycles. The second-order valence-electron chi connectivity index (χ2n) is 5.32. The minimum atomic E-state index is -3.88. The van der Waals surface area contributed by atoms with E-state index < -0.39 is 22.0 Å². The second-order valence-corrected chi connectivity index (χ2v) is 7.00. The molecule has 0 aliphatic rings. The van der Waals surface area contributed by atoms with Gasteiger partial charge in [-0.15, -0.1) is 0 Å². The van der Waals surface area contributed by atoms with Crippen molar-refractivity contribution in [1.29, 1.82) is 0 Å². The number of hydrogen-bond donors (Lipinski definition) is 1. The zero-order valence-electron chi connectivity index (χ0n) is 13.8. The van der Waals surface area contributed by atoms with E-state index in [0.29, 0.717) is 5.56 Å². The van der Waals surface area contributed by atoms with Gasteiger partial charge in [0.2, 0.25) is 10.0 Å². The van der Waals surface area contributed by atoms with E-state index in [-0.39, 0.29) is 10.6 Å². The van der Waals surface area contributed by atoms with Crippen molar-refractivity contribution in [2.24, 2.45) is 0 Å². The third-order valence-corrected chi connectivity index (χ3v) is 5.08. The van der Waals surface area contributed by atoms with E-state index in [4.69, 9.17) is 4.74 Å². The molecule has 0 amide bonds. The Morgan fingerprint density at radius 2 is 1.88 bits per heavy atom.